The van der Waals surface area contributed by atoms with Crippen molar-refractivity contribution < 1.29 is 0 Å². The summed E-state index contributed by atoms with van der Waals surface area (Å²) in [6.45, 7) is 6.82. The van der Waals surface area contributed by atoms with E-state index in [-0.39, 0.29) is 0 Å². The summed E-state index contributed by atoms with van der Waals surface area (Å²) in [5.41, 5.74) is 0. The zero-order chi connectivity index (χ0) is 9.52. The Morgan fingerprint density at radius 3 is 1.77 bits per heavy atom. The van der Waals surface area contributed by atoms with Crippen LogP contribution >= 0.6 is 0 Å². The van der Waals surface area contributed by atoms with E-state index < -0.39 is 0 Å². The van der Waals surface area contributed by atoms with Gasteiger partial charge in [0.25, 0.3) is 0 Å². The molecule has 0 spiro atoms. The molecule has 2 unspecified atom stereocenters. The first-order chi connectivity index (χ1) is 6.38. The Kier molecular flexibility index (Phi) is 5.40. The van der Waals surface area contributed by atoms with E-state index in [1.165, 1.54) is 45.2 Å². The molecule has 0 heterocycles. The lowest BCUT2D eigenvalue weighted by molar-refractivity contribution is 0.410. The third-order valence-electron chi connectivity index (χ3n) is 2.83. The van der Waals surface area contributed by atoms with Crippen LogP contribution in [0.5, 0.6) is 0 Å². The Bertz CT molecular complexity index is 111. The van der Waals surface area contributed by atoms with Gasteiger partial charge in [0.15, 0.2) is 0 Å². The van der Waals surface area contributed by atoms with E-state index in [9.17, 15) is 0 Å². The summed E-state index contributed by atoms with van der Waals surface area (Å²) < 4.78 is 0. The molecule has 0 aromatic carbocycles. The summed E-state index contributed by atoms with van der Waals surface area (Å²) in [5.74, 6) is 0. The van der Waals surface area contributed by atoms with Crippen LogP contribution in [0.2, 0.25) is 0 Å². The fourth-order valence-corrected chi connectivity index (χ4v) is 2.11. The molecule has 1 aliphatic carbocycles. The zero-order valence-corrected chi connectivity index (χ0v) is 9.10. The summed E-state index contributed by atoms with van der Waals surface area (Å²) in [7, 11) is 0. The van der Waals surface area contributed by atoms with Crippen molar-refractivity contribution in [2.24, 2.45) is 0 Å². The lowest BCUT2D eigenvalue weighted by atomic mass is 10.1. The maximum absolute atomic E-state index is 3.63. The van der Waals surface area contributed by atoms with Crippen molar-refractivity contribution >= 4 is 0 Å². The zero-order valence-electron chi connectivity index (χ0n) is 9.10. The van der Waals surface area contributed by atoms with Gasteiger partial charge >= 0.3 is 0 Å². The minimum Gasteiger partial charge on any atom is -0.312 e. The van der Waals surface area contributed by atoms with Gasteiger partial charge in [-0.2, -0.15) is 0 Å². The van der Waals surface area contributed by atoms with E-state index >= 15 is 0 Å². The molecule has 2 heteroatoms. The Morgan fingerprint density at radius 2 is 1.38 bits per heavy atom. The van der Waals surface area contributed by atoms with Crippen molar-refractivity contribution in [1.82, 2.24) is 10.6 Å². The molecule has 0 saturated heterocycles. The second kappa shape index (κ2) is 6.39. The smallest absolute Gasteiger partial charge is 0.0221 e. The first-order valence-electron chi connectivity index (χ1n) is 5.85. The maximum atomic E-state index is 3.63. The predicted octanol–water partition coefficient (Wildman–Crippen LogP) is 1.91. The van der Waals surface area contributed by atoms with Gasteiger partial charge in [0.2, 0.25) is 0 Å². The average molecular weight is 184 g/mol. The molecule has 0 amide bonds. The Hall–Kier alpha value is -0.0800. The number of rotatable bonds is 6. The Balaban J connectivity index is 2.18. The SMILES string of the molecule is CCCNC1CCCC1NCCC. The average Bonchev–Trinajstić information content (AvgIpc) is 2.59. The fraction of sp³-hybridized carbons (Fsp3) is 1.00. The molecule has 0 bridgehead atoms. The first kappa shape index (κ1) is 11.0. The third-order valence-corrected chi connectivity index (χ3v) is 2.83. The molecule has 0 aromatic heterocycles. The van der Waals surface area contributed by atoms with Crippen LogP contribution in [0.15, 0.2) is 0 Å². The molecule has 2 N–H and O–H groups in total. The summed E-state index contributed by atoms with van der Waals surface area (Å²) in [6.07, 6.45) is 6.61. The van der Waals surface area contributed by atoms with Crippen molar-refractivity contribution in [1.29, 1.82) is 0 Å². The number of hydrogen-bond donors (Lipinski definition) is 2. The highest BCUT2D eigenvalue weighted by molar-refractivity contribution is 4.88. The topological polar surface area (TPSA) is 24.1 Å². The van der Waals surface area contributed by atoms with Gasteiger partial charge in [0.1, 0.15) is 0 Å². The molecule has 1 saturated carbocycles. The van der Waals surface area contributed by atoms with Crippen molar-refractivity contribution in [3.8, 4) is 0 Å². The molecule has 1 aliphatic rings. The molecular formula is C11H24N2. The van der Waals surface area contributed by atoms with E-state index in [1.807, 2.05) is 0 Å². The minimum absolute atomic E-state index is 0.742. The third kappa shape index (κ3) is 3.65. The highest BCUT2D eigenvalue weighted by Crippen LogP contribution is 2.18. The molecule has 78 valence electrons. The lowest BCUT2D eigenvalue weighted by Crippen LogP contribution is -2.44. The van der Waals surface area contributed by atoms with E-state index in [0.717, 1.165) is 12.1 Å². The second-order valence-corrected chi connectivity index (χ2v) is 4.05. The van der Waals surface area contributed by atoms with Crippen molar-refractivity contribution in [2.45, 2.75) is 58.0 Å². The molecule has 13 heavy (non-hydrogen) atoms. The lowest BCUT2D eigenvalue weighted by Gasteiger charge is -2.21. The minimum atomic E-state index is 0.742. The summed E-state index contributed by atoms with van der Waals surface area (Å²) >= 11 is 0. The number of hydrogen-bond acceptors (Lipinski definition) is 2. The van der Waals surface area contributed by atoms with Crippen LogP contribution in [0.25, 0.3) is 0 Å². The van der Waals surface area contributed by atoms with Gasteiger partial charge in [-0.3, -0.25) is 0 Å². The Labute approximate surface area is 82.5 Å². The van der Waals surface area contributed by atoms with Crippen LogP contribution in [-0.2, 0) is 0 Å². The van der Waals surface area contributed by atoms with E-state index in [4.69, 9.17) is 0 Å². The molecule has 1 rings (SSSR count). The van der Waals surface area contributed by atoms with E-state index in [0.29, 0.717) is 0 Å². The van der Waals surface area contributed by atoms with Crippen LogP contribution in [0.3, 0.4) is 0 Å². The molecular weight excluding hydrogens is 160 g/mol. The van der Waals surface area contributed by atoms with E-state index in [1.54, 1.807) is 0 Å². The number of nitrogens with one attached hydrogen (secondary N) is 2. The van der Waals surface area contributed by atoms with Gasteiger partial charge in [-0.05, 0) is 38.8 Å². The van der Waals surface area contributed by atoms with Crippen molar-refractivity contribution in [2.75, 3.05) is 13.1 Å². The highest BCUT2D eigenvalue weighted by atomic mass is 15.0. The summed E-state index contributed by atoms with van der Waals surface area (Å²) in [6, 6.07) is 1.48. The monoisotopic (exact) mass is 184 g/mol. The summed E-state index contributed by atoms with van der Waals surface area (Å²) in [4.78, 5) is 0. The molecule has 2 nitrogen and oxygen atoms in total. The van der Waals surface area contributed by atoms with Crippen LogP contribution < -0.4 is 10.6 Å². The van der Waals surface area contributed by atoms with Crippen molar-refractivity contribution in [3.63, 3.8) is 0 Å². The molecule has 1 fully saturated rings. The van der Waals surface area contributed by atoms with Crippen LogP contribution in [0, 0.1) is 0 Å². The van der Waals surface area contributed by atoms with Crippen LogP contribution in [0.4, 0.5) is 0 Å². The molecule has 2 atom stereocenters. The van der Waals surface area contributed by atoms with Gasteiger partial charge in [-0.15, -0.1) is 0 Å². The summed E-state index contributed by atoms with van der Waals surface area (Å²) in [5, 5.41) is 7.26. The molecule has 0 aromatic rings. The van der Waals surface area contributed by atoms with Gasteiger partial charge in [0.05, 0.1) is 0 Å². The van der Waals surface area contributed by atoms with Crippen LogP contribution in [-0.4, -0.2) is 25.2 Å². The van der Waals surface area contributed by atoms with Gasteiger partial charge in [-0.25, -0.2) is 0 Å². The predicted molar refractivity (Wildman–Crippen MR) is 58.0 cm³/mol. The normalized spacial score (nSPS) is 28.2. The molecule has 0 aliphatic heterocycles. The first-order valence-corrected chi connectivity index (χ1v) is 5.85. The van der Waals surface area contributed by atoms with Gasteiger partial charge < -0.3 is 10.6 Å². The van der Waals surface area contributed by atoms with Crippen molar-refractivity contribution in [3.05, 3.63) is 0 Å². The maximum Gasteiger partial charge on any atom is 0.0221 e. The second-order valence-electron chi connectivity index (χ2n) is 4.05. The standard InChI is InChI=1S/C11H24N2/c1-3-8-12-10-6-5-7-11(10)13-9-4-2/h10-13H,3-9H2,1-2H3. The van der Waals surface area contributed by atoms with Crippen LogP contribution in [0.1, 0.15) is 46.0 Å². The molecule has 0 radical (unpaired) electrons. The highest BCUT2D eigenvalue weighted by Gasteiger charge is 2.25. The van der Waals surface area contributed by atoms with Gasteiger partial charge in [-0.1, -0.05) is 20.3 Å². The van der Waals surface area contributed by atoms with E-state index in [2.05, 4.69) is 24.5 Å². The quantitative estimate of drug-likeness (QED) is 0.659. The largest absolute Gasteiger partial charge is 0.312 e. The van der Waals surface area contributed by atoms with Gasteiger partial charge in [0, 0.05) is 12.1 Å². The fourth-order valence-electron chi connectivity index (χ4n) is 2.11. The Morgan fingerprint density at radius 1 is 0.923 bits per heavy atom.